The molecular formula is C16H19NO4. The predicted molar refractivity (Wildman–Crippen MR) is 75.6 cm³/mol. The third-order valence-electron chi connectivity index (χ3n) is 4.77. The molecule has 0 aromatic heterocycles. The van der Waals surface area contributed by atoms with Gasteiger partial charge in [0.25, 0.3) is 0 Å². The Labute approximate surface area is 123 Å². The average Bonchev–Trinajstić information content (AvgIpc) is 2.70. The van der Waals surface area contributed by atoms with Crippen LogP contribution < -0.4 is 0 Å². The number of carbonyl (C=O) groups excluding carboxylic acids is 1. The molecule has 2 fully saturated rings. The van der Waals surface area contributed by atoms with Crippen molar-refractivity contribution in [2.24, 2.45) is 11.3 Å². The van der Waals surface area contributed by atoms with Crippen molar-refractivity contribution in [3.63, 3.8) is 0 Å². The first kappa shape index (κ1) is 13.9. The van der Waals surface area contributed by atoms with Gasteiger partial charge in [0.1, 0.15) is 6.61 Å². The summed E-state index contributed by atoms with van der Waals surface area (Å²) >= 11 is 0. The predicted octanol–water partition coefficient (Wildman–Crippen LogP) is 2.51. The Balaban J connectivity index is 1.56. The van der Waals surface area contributed by atoms with Crippen molar-refractivity contribution in [3.05, 3.63) is 35.9 Å². The standard InChI is InChI=1S/C16H19NO4/c18-14(19)8-16-7-6-13(16)9-17(11-16)15(20)21-10-12-4-2-1-3-5-12/h1-5,13H,6-11H2,(H,18,19)/t13-,16-/m0/s1. The summed E-state index contributed by atoms with van der Waals surface area (Å²) in [4.78, 5) is 24.8. The molecule has 1 aliphatic heterocycles. The fraction of sp³-hybridized carbons (Fsp3) is 0.500. The van der Waals surface area contributed by atoms with E-state index < -0.39 is 5.97 Å². The van der Waals surface area contributed by atoms with E-state index in [1.165, 1.54) is 0 Å². The van der Waals surface area contributed by atoms with Gasteiger partial charge in [-0.2, -0.15) is 0 Å². The number of amides is 1. The second kappa shape index (κ2) is 5.39. The van der Waals surface area contributed by atoms with Crippen molar-refractivity contribution >= 4 is 12.1 Å². The van der Waals surface area contributed by atoms with Crippen LogP contribution in [0.3, 0.4) is 0 Å². The van der Waals surface area contributed by atoms with E-state index in [0.717, 1.165) is 18.4 Å². The second-order valence-corrected chi connectivity index (χ2v) is 6.09. The van der Waals surface area contributed by atoms with Crippen LogP contribution in [0.4, 0.5) is 4.79 Å². The van der Waals surface area contributed by atoms with Crippen molar-refractivity contribution in [1.82, 2.24) is 4.90 Å². The summed E-state index contributed by atoms with van der Waals surface area (Å²) in [5, 5.41) is 9.03. The quantitative estimate of drug-likeness (QED) is 0.925. The number of carbonyl (C=O) groups is 2. The molecule has 1 heterocycles. The number of likely N-dealkylation sites (tertiary alicyclic amines) is 1. The number of benzene rings is 1. The average molecular weight is 289 g/mol. The molecular weight excluding hydrogens is 270 g/mol. The number of aliphatic carboxylic acids is 1. The third kappa shape index (κ3) is 2.73. The maximum atomic E-state index is 12.1. The molecule has 1 saturated carbocycles. The number of hydrogen-bond acceptors (Lipinski definition) is 3. The lowest BCUT2D eigenvalue weighted by Gasteiger charge is -2.42. The number of nitrogens with zero attached hydrogens (tertiary/aromatic N) is 1. The maximum Gasteiger partial charge on any atom is 0.410 e. The smallest absolute Gasteiger partial charge is 0.410 e. The van der Waals surface area contributed by atoms with Crippen molar-refractivity contribution in [3.8, 4) is 0 Å². The Morgan fingerprint density at radius 3 is 2.71 bits per heavy atom. The summed E-state index contributed by atoms with van der Waals surface area (Å²) in [6.45, 7) is 1.39. The van der Waals surface area contributed by atoms with Crippen LogP contribution in [0.1, 0.15) is 24.8 Å². The van der Waals surface area contributed by atoms with Crippen molar-refractivity contribution in [2.75, 3.05) is 13.1 Å². The van der Waals surface area contributed by atoms with E-state index in [9.17, 15) is 9.59 Å². The minimum atomic E-state index is -0.779. The van der Waals surface area contributed by atoms with Gasteiger partial charge in [0.2, 0.25) is 0 Å². The number of carboxylic acids is 1. The number of fused-ring (bicyclic) bond motifs is 1. The fourth-order valence-electron chi connectivity index (χ4n) is 3.50. The first-order valence-corrected chi connectivity index (χ1v) is 7.26. The molecule has 5 nitrogen and oxygen atoms in total. The Hall–Kier alpha value is -2.04. The number of ether oxygens (including phenoxy) is 1. The van der Waals surface area contributed by atoms with Crippen LogP contribution in [0.15, 0.2) is 30.3 Å². The summed E-state index contributed by atoms with van der Waals surface area (Å²) in [6.07, 6.45) is 1.72. The highest BCUT2D eigenvalue weighted by molar-refractivity contribution is 5.70. The zero-order valence-electron chi connectivity index (χ0n) is 11.8. The van der Waals surface area contributed by atoms with Crippen LogP contribution in [-0.2, 0) is 16.1 Å². The van der Waals surface area contributed by atoms with E-state index >= 15 is 0 Å². The molecule has 0 radical (unpaired) electrons. The lowest BCUT2D eigenvalue weighted by Crippen LogP contribution is -2.41. The zero-order chi connectivity index (χ0) is 14.9. The summed E-state index contributed by atoms with van der Waals surface area (Å²) in [7, 11) is 0. The van der Waals surface area contributed by atoms with E-state index in [4.69, 9.17) is 9.84 Å². The number of hydrogen-bond donors (Lipinski definition) is 1. The van der Waals surface area contributed by atoms with Crippen molar-refractivity contribution < 1.29 is 19.4 Å². The van der Waals surface area contributed by atoms with Gasteiger partial charge in [-0.25, -0.2) is 4.79 Å². The van der Waals surface area contributed by atoms with Crippen LogP contribution in [-0.4, -0.2) is 35.2 Å². The molecule has 0 spiro atoms. The molecule has 0 bridgehead atoms. The second-order valence-electron chi connectivity index (χ2n) is 6.09. The van der Waals surface area contributed by atoms with E-state index in [0.29, 0.717) is 19.0 Å². The van der Waals surface area contributed by atoms with Crippen LogP contribution in [0.2, 0.25) is 0 Å². The molecule has 21 heavy (non-hydrogen) atoms. The van der Waals surface area contributed by atoms with Crippen LogP contribution in [0.5, 0.6) is 0 Å². The highest BCUT2D eigenvalue weighted by Crippen LogP contribution is 2.54. The third-order valence-corrected chi connectivity index (χ3v) is 4.77. The van der Waals surface area contributed by atoms with Crippen LogP contribution >= 0.6 is 0 Å². The van der Waals surface area contributed by atoms with Gasteiger partial charge < -0.3 is 14.7 Å². The van der Waals surface area contributed by atoms with Gasteiger partial charge in [0.05, 0.1) is 6.42 Å². The van der Waals surface area contributed by atoms with E-state index in [1.54, 1.807) is 4.90 Å². The lowest BCUT2D eigenvalue weighted by molar-refractivity contribution is -0.142. The lowest BCUT2D eigenvalue weighted by atomic mass is 9.60. The zero-order valence-corrected chi connectivity index (χ0v) is 11.8. The van der Waals surface area contributed by atoms with Gasteiger partial charge in [-0.1, -0.05) is 30.3 Å². The Kier molecular flexibility index (Phi) is 3.57. The van der Waals surface area contributed by atoms with Crippen LogP contribution in [0, 0.1) is 11.3 Å². The largest absolute Gasteiger partial charge is 0.481 e. The van der Waals surface area contributed by atoms with E-state index in [2.05, 4.69) is 0 Å². The molecule has 1 aliphatic carbocycles. The normalized spacial score (nSPS) is 26.9. The minimum Gasteiger partial charge on any atom is -0.481 e. The molecule has 1 aromatic rings. The van der Waals surface area contributed by atoms with E-state index in [-0.39, 0.29) is 24.5 Å². The molecule has 5 heteroatoms. The van der Waals surface area contributed by atoms with Gasteiger partial charge >= 0.3 is 12.1 Å². The molecule has 1 saturated heterocycles. The molecule has 112 valence electrons. The van der Waals surface area contributed by atoms with Crippen LogP contribution in [0.25, 0.3) is 0 Å². The summed E-state index contributed by atoms with van der Waals surface area (Å²) in [6, 6.07) is 9.54. The van der Waals surface area contributed by atoms with Gasteiger partial charge in [0, 0.05) is 18.5 Å². The fourth-order valence-corrected chi connectivity index (χ4v) is 3.50. The Morgan fingerprint density at radius 2 is 2.10 bits per heavy atom. The first-order chi connectivity index (χ1) is 10.1. The van der Waals surface area contributed by atoms with Gasteiger partial charge in [-0.3, -0.25) is 4.79 Å². The van der Waals surface area contributed by atoms with Gasteiger partial charge in [-0.15, -0.1) is 0 Å². The minimum absolute atomic E-state index is 0.153. The number of rotatable bonds is 4. The monoisotopic (exact) mass is 289 g/mol. The molecule has 2 aliphatic rings. The first-order valence-electron chi connectivity index (χ1n) is 7.26. The SMILES string of the molecule is O=C(O)C[C@]12CC[C@H]1CN(C(=O)OCc1ccccc1)C2. The number of carboxylic acid groups (broad SMARTS) is 1. The van der Waals surface area contributed by atoms with Gasteiger partial charge in [0.15, 0.2) is 0 Å². The highest BCUT2D eigenvalue weighted by Gasteiger charge is 2.55. The molecule has 0 unspecified atom stereocenters. The van der Waals surface area contributed by atoms with Crippen molar-refractivity contribution in [2.45, 2.75) is 25.9 Å². The topological polar surface area (TPSA) is 66.8 Å². The summed E-state index contributed by atoms with van der Waals surface area (Å²) < 4.78 is 5.33. The maximum absolute atomic E-state index is 12.1. The Morgan fingerprint density at radius 1 is 1.33 bits per heavy atom. The molecule has 1 aromatic carbocycles. The van der Waals surface area contributed by atoms with Crippen molar-refractivity contribution in [1.29, 1.82) is 0 Å². The molecule has 1 N–H and O–H groups in total. The molecule has 2 atom stereocenters. The van der Waals surface area contributed by atoms with Gasteiger partial charge in [-0.05, 0) is 24.3 Å². The summed E-state index contributed by atoms with van der Waals surface area (Å²) in [5.41, 5.74) is 0.741. The summed E-state index contributed by atoms with van der Waals surface area (Å²) in [5.74, 6) is -0.461. The highest BCUT2D eigenvalue weighted by atomic mass is 16.6. The van der Waals surface area contributed by atoms with E-state index in [1.807, 2.05) is 30.3 Å². The Bertz CT molecular complexity index is 544. The molecule has 1 amide bonds. The molecule has 3 rings (SSSR count).